The number of fused-ring (bicyclic) bond motifs is 1. The first kappa shape index (κ1) is 13.8. The lowest BCUT2D eigenvalue weighted by Gasteiger charge is -2.18. The molecule has 0 radical (unpaired) electrons. The number of hydrogen-bond acceptors (Lipinski definition) is 3. The minimum absolute atomic E-state index is 0.0662. The van der Waals surface area contributed by atoms with Crippen molar-refractivity contribution in [3.05, 3.63) is 54.4 Å². The SMILES string of the molecule is CCCn1ccnc1C(NCC)c1cnn2ccccc12. The molecule has 0 saturated heterocycles. The summed E-state index contributed by atoms with van der Waals surface area (Å²) in [6.07, 6.45) is 8.93. The molecule has 0 bridgehead atoms. The van der Waals surface area contributed by atoms with Crippen LogP contribution in [-0.2, 0) is 6.54 Å². The van der Waals surface area contributed by atoms with Gasteiger partial charge in [0.2, 0.25) is 0 Å². The van der Waals surface area contributed by atoms with E-state index in [0.29, 0.717) is 0 Å². The molecule has 0 aromatic carbocycles. The van der Waals surface area contributed by atoms with E-state index in [-0.39, 0.29) is 6.04 Å². The van der Waals surface area contributed by atoms with Crippen molar-refractivity contribution >= 4 is 5.52 Å². The molecule has 0 aliphatic heterocycles. The highest BCUT2D eigenvalue weighted by Crippen LogP contribution is 2.24. The number of nitrogens with one attached hydrogen (secondary N) is 1. The van der Waals surface area contributed by atoms with Crippen LogP contribution in [0.4, 0.5) is 0 Å². The minimum atomic E-state index is 0.0662. The Morgan fingerprint density at radius 3 is 2.95 bits per heavy atom. The standard InChI is InChI=1S/C16H21N5/c1-3-9-20-11-8-18-16(20)15(17-4-2)13-12-19-21-10-6-5-7-14(13)21/h5-8,10-12,15,17H,3-4,9H2,1-2H3. The van der Waals surface area contributed by atoms with E-state index in [1.165, 1.54) is 5.56 Å². The van der Waals surface area contributed by atoms with E-state index in [1.807, 2.05) is 35.2 Å². The topological polar surface area (TPSA) is 47.2 Å². The van der Waals surface area contributed by atoms with Crippen LogP contribution in [0.1, 0.15) is 37.7 Å². The van der Waals surface area contributed by atoms with E-state index in [9.17, 15) is 0 Å². The number of aromatic nitrogens is 4. The van der Waals surface area contributed by atoms with E-state index in [0.717, 1.165) is 30.9 Å². The average Bonchev–Trinajstić information content (AvgIpc) is 3.12. The summed E-state index contributed by atoms with van der Waals surface area (Å²) in [6.45, 7) is 6.16. The van der Waals surface area contributed by atoms with Crippen LogP contribution in [0.25, 0.3) is 5.52 Å². The molecular formula is C16H21N5. The van der Waals surface area contributed by atoms with Crippen LogP contribution >= 0.6 is 0 Å². The Labute approximate surface area is 124 Å². The lowest BCUT2D eigenvalue weighted by Crippen LogP contribution is -2.25. The highest BCUT2D eigenvalue weighted by molar-refractivity contribution is 5.56. The summed E-state index contributed by atoms with van der Waals surface area (Å²) in [5.41, 5.74) is 2.29. The summed E-state index contributed by atoms with van der Waals surface area (Å²) >= 11 is 0. The third-order valence-electron chi connectivity index (χ3n) is 3.65. The molecule has 0 aliphatic rings. The molecule has 3 heterocycles. The van der Waals surface area contributed by atoms with Gasteiger partial charge in [0.05, 0.1) is 17.8 Å². The number of nitrogens with zero attached hydrogens (tertiary/aromatic N) is 4. The maximum atomic E-state index is 4.58. The number of rotatable bonds is 6. The molecule has 1 N–H and O–H groups in total. The zero-order chi connectivity index (χ0) is 14.7. The van der Waals surface area contributed by atoms with E-state index >= 15 is 0 Å². The van der Waals surface area contributed by atoms with E-state index in [2.05, 4.69) is 46.1 Å². The second-order valence-electron chi connectivity index (χ2n) is 5.10. The van der Waals surface area contributed by atoms with Crippen molar-refractivity contribution in [3.8, 4) is 0 Å². The Morgan fingerprint density at radius 1 is 1.24 bits per heavy atom. The molecule has 1 atom stereocenters. The van der Waals surface area contributed by atoms with Crippen LogP contribution in [0.5, 0.6) is 0 Å². The summed E-state index contributed by atoms with van der Waals surface area (Å²) < 4.78 is 4.13. The number of hydrogen-bond donors (Lipinski definition) is 1. The average molecular weight is 283 g/mol. The van der Waals surface area contributed by atoms with Crippen LogP contribution in [0.15, 0.2) is 43.0 Å². The molecule has 1 unspecified atom stereocenters. The third-order valence-corrected chi connectivity index (χ3v) is 3.65. The fourth-order valence-corrected chi connectivity index (χ4v) is 2.73. The Hall–Kier alpha value is -2.14. The normalized spacial score (nSPS) is 12.9. The Balaban J connectivity index is 2.07. The zero-order valence-corrected chi connectivity index (χ0v) is 12.5. The van der Waals surface area contributed by atoms with Gasteiger partial charge in [-0.3, -0.25) is 0 Å². The largest absolute Gasteiger partial charge is 0.333 e. The fraction of sp³-hybridized carbons (Fsp3) is 0.375. The van der Waals surface area contributed by atoms with E-state index in [1.54, 1.807) is 0 Å². The number of aryl methyl sites for hydroxylation is 1. The van der Waals surface area contributed by atoms with Gasteiger partial charge in [0, 0.05) is 30.7 Å². The van der Waals surface area contributed by atoms with Gasteiger partial charge in [0.25, 0.3) is 0 Å². The van der Waals surface area contributed by atoms with E-state index in [4.69, 9.17) is 0 Å². The molecule has 5 heteroatoms. The van der Waals surface area contributed by atoms with Gasteiger partial charge in [-0.1, -0.05) is 19.9 Å². The van der Waals surface area contributed by atoms with Crippen molar-refractivity contribution in [2.45, 2.75) is 32.9 Å². The van der Waals surface area contributed by atoms with Gasteiger partial charge in [0.1, 0.15) is 5.82 Å². The van der Waals surface area contributed by atoms with Crippen LogP contribution in [0.2, 0.25) is 0 Å². The number of imidazole rings is 1. The quantitative estimate of drug-likeness (QED) is 0.756. The lowest BCUT2D eigenvalue weighted by atomic mass is 10.1. The van der Waals surface area contributed by atoms with Crippen LogP contribution in [-0.4, -0.2) is 25.7 Å². The molecule has 5 nitrogen and oxygen atoms in total. The molecule has 0 amide bonds. The molecule has 0 saturated carbocycles. The van der Waals surface area contributed by atoms with Gasteiger partial charge in [-0.15, -0.1) is 0 Å². The Morgan fingerprint density at radius 2 is 2.14 bits per heavy atom. The summed E-state index contributed by atoms with van der Waals surface area (Å²) in [6, 6.07) is 6.20. The zero-order valence-electron chi connectivity index (χ0n) is 12.5. The van der Waals surface area contributed by atoms with Crippen molar-refractivity contribution in [2.24, 2.45) is 0 Å². The monoisotopic (exact) mass is 283 g/mol. The summed E-state index contributed by atoms with van der Waals surface area (Å²) in [4.78, 5) is 4.58. The fourth-order valence-electron chi connectivity index (χ4n) is 2.73. The summed E-state index contributed by atoms with van der Waals surface area (Å²) in [7, 11) is 0. The Kier molecular flexibility index (Phi) is 4.01. The van der Waals surface area contributed by atoms with Gasteiger partial charge in [-0.25, -0.2) is 9.50 Å². The molecule has 21 heavy (non-hydrogen) atoms. The first-order chi connectivity index (χ1) is 10.3. The first-order valence-electron chi connectivity index (χ1n) is 7.51. The minimum Gasteiger partial charge on any atom is -0.333 e. The van der Waals surface area contributed by atoms with Gasteiger partial charge < -0.3 is 9.88 Å². The molecule has 3 aromatic rings. The van der Waals surface area contributed by atoms with Gasteiger partial charge in [-0.2, -0.15) is 5.10 Å². The van der Waals surface area contributed by atoms with Crippen molar-refractivity contribution in [1.29, 1.82) is 0 Å². The lowest BCUT2D eigenvalue weighted by molar-refractivity contribution is 0.546. The highest BCUT2D eigenvalue weighted by Gasteiger charge is 2.21. The van der Waals surface area contributed by atoms with E-state index < -0.39 is 0 Å². The molecule has 0 fully saturated rings. The third kappa shape index (κ3) is 2.56. The maximum Gasteiger partial charge on any atom is 0.130 e. The first-order valence-corrected chi connectivity index (χ1v) is 7.51. The summed E-state index contributed by atoms with van der Waals surface area (Å²) in [5, 5.41) is 7.99. The second kappa shape index (κ2) is 6.10. The van der Waals surface area contributed by atoms with Crippen LogP contribution in [0.3, 0.4) is 0 Å². The molecule has 0 spiro atoms. The van der Waals surface area contributed by atoms with Crippen molar-refractivity contribution in [2.75, 3.05) is 6.54 Å². The molecule has 0 aliphatic carbocycles. The predicted octanol–water partition coefficient (Wildman–Crippen LogP) is 2.64. The predicted molar refractivity (Wildman–Crippen MR) is 83.2 cm³/mol. The van der Waals surface area contributed by atoms with Crippen molar-refractivity contribution < 1.29 is 0 Å². The highest BCUT2D eigenvalue weighted by atomic mass is 15.2. The van der Waals surface area contributed by atoms with Crippen LogP contribution < -0.4 is 5.32 Å². The maximum absolute atomic E-state index is 4.58. The molecule has 110 valence electrons. The Bertz CT molecular complexity index is 712. The molecule has 3 rings (SSSR count). The second-order valence-corrected chi connectivity index (χ2v) is 5.10. The van der Waals surface area contributed by atoms with Gasteiger partial charge in [0.15, 0.2) is 0 Å². The van der Waals surface area contributed by atoms with Crippen molar-refractivity contribution in [3.63, 3.8) is 0 Å². The van der Waals surface area contributed by atoms with Gasteiger partial charge >= 0.3 is 0 Å². The smallest absolute Gasteiger partial charge is 0.130 e. The number of pyridine rings is 1. The summed E-state index contributed by atoms with van der Waals surface area (Å²) in [5.74, 6) is 1.05. The van der Waals surface area contributed by atoms with Crippen molar-refractivity contribution in [1.82, 2.24) is 24.5 Å². The molecule has 3 aromatic heterocycles. The van der Waals surface area contributed by atoms with Crippen LogP contribution in [0, 0.1) is 0 Å². The molecular weight excluding hydrogens is 262 g/mol. The van der Waals surface area contributed by atoms with Gasteiger partial charge in [-0.05, 0) is 25.1 Å².